The van der Waals surface area contributed by atoms with Gasteiger partial charge in [-0.1, -0.05) is 6.07 Å². The van der Waals surface area contributed by atoms with Gasteiger partial charge in [-0.25, -0.2) is 0 Å². The van der Waals surface area contributed by atoms with E-state index < -0.39 is 0 Å². The summed E-state index contributed by atoms with van der Waals surface area (Å²) in [6, 6.07) is 12.9. The molecule has 0 bridgehead atoms. The average Bonchev–Trinajstić information content (AvgIpc) is 2.94. The molecule has 0 amide bonds. The van der Waals surface area contributed by atoms with Crippen LogP contribution in [0, 0.1) is 0 Å². The van der Waals surface area contributed by atoms with Gasteiger partial charge in [0.2, 0.25) is 6.79 Å². The fraction of sp³-hybridized carbons (Fsp3) is 0.250. The van der Waals surface area contributed by atoms with Crippen molar-refractivity contribution in [1.29, 1.82) is 0 Å². The third kappa shape index (κ3) is 3.51. The molecule has 0 radical (unpaired) electrons. The molecular formula is C16H17NO4. The predicted octanol–water partition coefficient (Wildman–Crippen LogP) is 2.85. The van der Waals surface area contributed by atoms with Crippen molar-refractivity contribution in [2.75, 3.05) is 25.7 Å². The van der Waals surface area contributed by atoms with Gasteiger partial charge in [0.15, 0.2) is 11.5 Å². The monoisotopic (exact) mass is 287 g/mol. The Hall–Kier alpha value is -2.56. The topological polar surface area (TPSA) is 62.9 Å². The van der Waals surface area contributed by atoms with E-state index in [9.17, 15) is 0 Å². The third-order valence-corrected chi connectivity index (χ3v) is 3.03. The molecule has 21 heavy (non-hydrogen) atoms. The van der Waals surface area contributed by atoms with Gasteiger partial charge < -0.3 is 24.7 Å². The van der Waals surface area contributed by atoms with Gasteiger partial charge in [0.25, 0.3) is 0 Å². The summed E-state index contributed by atoms with van der Waals surface area (Å²) in [6.07, 6.45) is 0.781. The summed E-state index contributed by atoms with van der Waals surface area (Å²) in [4.78, 5) is 0. The minimum Gasteiger partial charge on any atom is -0.493 e. The third-order valence-electron chi connectivity index (χ3n) is 3.03. The van der Waals surface area contributed by atoms with E-state index in [1.807, 2.05) is 36.4 Å². The van der Waals surface area contributed by atoms with E-state index in [4.69, 9.17) is 24.7 Å². The van der Waals surface area contributed by atoms with E-state index in [-0.39, 0.29) is 6.79 Å². The number of benzene rings is 2. The summed E-state index contributed by atoms with van der Waals surface area (Å²) in [5.74, 6) is 3.03. The second kappa shape index (κ2) is 6.26. The number of nitrogen functional groups attached to an aromatic ring is 1. The van der Waals surface area contributed by atoms with Gasteiger partial charge in [-0.2, -0.15) is 0 Å². The summed E-state index contributed by atoms with van der Waals surface area (Å²) in [6.45, 7) is 1.42. The molecule has 1 aliphatic heterocycles. The van der Waals surface area contributed by atoms with Crippen LogP contribution in [0.1, 0.15) is 6.42 Å². The Morgan fingerprint density at radius 3 is 2.48 bits per heavy atom. The Morgan fingerprint density at radius 1 is 0.905 bits per heavy atom. The molecule has 2 N–H and O–H groups in total. The molecule has 0 unspecified atom stereocenters. The largest absolute Gasteiger partial charge is 0.493 e. The fourth-order valence-electron chi connectivity index (χ4n) is 2.01. The minimum atomic E-state index is 0.271. The van der Waals surface area contributed by atoms with Gasteiger partial charge in [-0.3, -0.25) is 0 Å². The molecule has 0 aliphatic carbocycles. The molecule has 2 aromatic rings. The Morgan fingerprint density at radius 2 is 1.67 bits per heavy atom. The molecule has 3 rings (SSSR count). The zero-order chi connectivity index (χ0) is 14.5. The molecule has 0 saturated heterocycles. The first-order chi connectivity index (χ1) is 10.3. The molecule has 0 fully saturated rings. The number of rotatable bonds is 6. The molecule has 5 nitrogen and oxygen atoms in total. The Bertz CT molecular complexity index is 615. The zero-order valence-electron chi connectivity index (χ0n) is 11.6. The highest BCUT2D eigenvalue weighted by Gasteiger charge is 2.13. The maximum atomic E-state index is 5.68. The molecule has 0 aromatic heterocycles. The zero-order valence-corrected chi connectivity index (χ0v) is 11.6. The van der Waals surface area contributed by atoms with E-state index in [1.165, 1.54) is 0 Å². The van der Waals surface area contributed by atoms with E-state index in [0.29, 0.717) is 18.9 Å². The molecule has 0 atom stereocenters. The molecule has 5 heteroatoms. The lowest BCUT2D eigenvalue weighted by Crippen LogP contribution is -2.05. The molecule has 1 heterocycles. The summed E-state index contributed by atoms with van der Waals surface area (Å²) in [7, 11) is 0. The Kier molecular flexibility index (Phi) is 4.00. The number of ether oxygens (including phenoxy) is 4. The number of hydrogen-bond donors (Lipinski definition) is 1. The van der Waals surface area contributed by atoms with Crippen LogP contribution in [0.15, 0.2) is 42.5 Å². The van der Waals surface area contributed by atoms with Crippen LogP contribution in [-0.2, 0) is 0 Å². The first-order valence-electron chi connectivity index (χ1n) is 6.82. The van der Waals surface area contributed by atoms with Crippen LogP contribution in [0.25, 0.3) is 0 Å². The van der Waals surface area contributed by atoms with Crippen molar-refractivity contribution in [2.45, 2.75) is 6.42 Å². The standard InChI is InChI=1S/C16H17NO4/c17-12-3-1-4-13(9-12)18-7-2-8-19-14-5-6-15-16(10-14)21-11-20-15/h1,3-6,9-10H,2,7-8,11,17H2. The second-order valence-corrected chi connectivity index (χ2v) is 4.64. The van der Waals surface area contributed by atoms with Crippen LogP contribution in [0.4, 0.5) is 5.69 Å². The lowest BCUT2D eigenvalue weighted by atomic mass is 10.3. The maximum absolute atomic E-state index is 5.68. The van der Waals surface area contributed by atoms with Crippen LogP contribution in [0.5, 0.6) is 23.0 Å². The Labute approximate surface area is 123 Å². The molecule has 0 saturated carbocycles. The average molecular weight is 287 g/mol. The van der Waals surface area contributed by atoms with Crippen molar-refractivity contribution in [1.82, 2.24) is 0 Å². The molecule has 1 aliphatic rings. The normalized spacial score (nSPS) is 12.2. The second-order valence-electron chi connectivity index (χ2n) is 4.64. The maximum Gasteiger partial charge on any atom is 0.231 e. The fourth-order valence-corrected chi connectivity index (χ4v) is 2.01. The summed E-state index contributed by atoms with van der Waals surface area (Å²) in [5.41, 5.74) is 6.38. The van der Waals surface area contributed by atoms with E-state index >= 15 is 0 Å². The Balaban J connectivity index is 1.40. The number of nitrogens with two attached hydrogens (primary N) is 1. The molecule has 0 spiro atoms. The lowest BCUT2D eigenvalue weighted by molar-refractivity contribution is 0.173. The van der Waals surface area contributed by atoms with Gasteiger partial charge in [0, 0.05) is 24.2 Å². The van der Waals surface area contributed by atoms with E-state index in [1.54, 1.807) is 6.07 Å². The van der Waals surface area contributed by atoms with E-state index in [0.717, 1.165) is 29.4 Å². The van der Waals surface area contributed by atoms with Crippen molar-refractivity contribution in [3.05, 3.63) is 42.5 Å². The number of fused-ring (bicyclic) bond motifs is 1. The van der Waals surface area contributed by atoms with Crippen molar-refractivity contribution < 1.29 is 18.9 Å². The highest BCUT2D eigenvalue weighted by molar-refractivity contribution is 5.47. The predicted molar refractivity (Wildman–Crippen MR) is 79.0 cm³/mol. The van der Waals surface area contributed by atoms with Crippen LogP contribution in [-0.4, -0.2) is 20.0 Å². The lowest BCUT2D eigenvalue weighted by Gasteiger charge is -2.08. The quantitative estimate of drug-likeness (QED) is 0.654. The molecule has 110 valence electrons. The van der Waals surface area contributed by atoms with Gasteiger partial charge in [0.05, 0.1) is 13.2 Å². The van der Waals surface area contributed by atoms with Crippen LogP contribution < -0.4 is 24.7 Å². The van der Waals surface area contributed by atoms with Gasteiger partial charge >= 0.3 is 0 Å². The van der Waals surface area contributed by atoms with Crippen LogP contribution in [0.2, 0.25) is 0 Å². The van der Waals surface area contributed by atoms with Crippen LogP contribution >= 0.6 is 0 Å². The first-order valence-corrected chi connectivity index (χ1v) is 6.82. The minimum absolute atomic E-state index is 0.271. The number of anilines is 1. The summed E-state index contributed by atoms with van der Waals surface area (Å²) >= 11 is 0. The summed E-state index contributed by atoms with van der Waals surface area (Å²) in [5, 5.41) is 0. The SMILES string of the molecule is Nc1cccc(OCCCOc2ccc3c(c2)OCO3)c1. The van der Waals surface area contributed by atoms with Crippen molar-refractivity contribution in [3.8, 4) is 23.0 Å². The van der Waals surface area contributed by atoms with E-state index in [2.05, 4.69) is 0 Å². The van der Waals surface area contributed by atoms with Crippen LogP contribution in [0.3, 0.4) is 0 Å². The molecular weight excluding hydrogens is 270 g/mol. The number of hydrogen-bond acceptors (Lipinski definition) is 5. The van der Waals surface area contributed by atoms with Gasteiger partial charge in [-0.15, -0.1) is 0 Å². The highest BCUT2D eigenvalue weighted by atomic mass is 16.7. The summed E-state index contributed by atoms with van der Waals surface area (Å²) < 4.78 is 21.8. The molecule has 2 aromatic carbocycles. The van der Waals surface area contributed by atoms with Gasteiger partial charge in [-0.05, 0) is 24.3 Å². The van der Waals surface area contributed by atoms with Gasteiger partial charge in [0.1, 0.15) is 11.5 Å². The van der Waals surface area contributed by atoms with Crippen molar-refractivity contribution in [3.63, 3.8) is 0 Å². The smallest absolute Gasteiger partial charge is 0.231 e. The first kappa shape index (κ1) is 13.4. The highest BCUT2D eigenvalue weighted by Crippen LogP contribution is 2.35. The van der Waals surface area contributed by atoms with Crippen molar-refractivity contribution in [2.24, 2.45) is 0 Å². The van der Waals surface area contributed by atoms with Crippen molar-refractivity contribution >= 4 is 5.69 Å².